The number of aryl methyl sites for hydroxylation is 1. The summed E-state index contributed by atoms with van der Waals surface area (Å²) in [7, 11) is 0. The molecule has 3 aromatic rings. The standard InChI is InChI=1S/C18H14ClFN2O3/c1-11-14(10-24-16-8-3-2-7-15(16)20)17(22-25-11)18(23)21-13-6-4-5-12(19)9-13/h2-9H,10H2,1H3,(H,21,23). The number of amides is 1. The summed E-state index contributed by atoms with van der Waals surface area (Å²) in [5, 5.41) is 6.96. The Balaban J connectivity index is 1.77. The van der Waals surface area contributed by atoms with Crippen LogP contribution in [0, 0.1) is 12.7 Å². The minimum Gasteiger partial charge on any atom is -0.486 e. The second-order valence-electron chi connectivity index (χ2n) is 5.25. The zero-order valence-electron chi connectivity index (χ0n) is 13.3. The average molecular weight is 361 g/mol. The van der Waals surface area contributed by atoms with Gasteiger partial charge in [0.05, 0.1) is 5.56 Å². The van der Waals surface area contributed by atoms with Gasteiger partial charge in [-0.25, -0.2) is 4.39 Å². The predicted octanol–water partition coefficient (Wildman–Crippen LogP) is 4.61. The van der Waals surface area contributed by atoms with Gasteiger partial charge in [-0.1, -0.05) is 35.0 Å². The molecule has 5 nitrogen and oxygen atoms in total. The summed E-state index contributed by atoms with van der Waals surface area (Å²) in [6.07, 6.45) is 0. The fraction of sp³-hybridized carbons (Fsp3) is 0.111. The van der Waals surface area contributed by atoms with Gasteiger partial charge in [0.15, 0.2) is 17.3 Å². The van der Waals surface area contributed by atoms with E-state index in [1.807, 2.05) is 0 Å². The van der Waals surface area contributed by atoms with Crippen LogP contribution < -0.4 is 10.1 Å². The van der Waals surface area contributed by atoms with Crippen molar-refractivity contribution in [2.75, 3.05) is 5.32 Å². The first-order valence-electron chi connectivity index (χ1n) is 7.44. The number of para-hydroxylation sites is 1. The summed E-state index contributed by atoms with van der Waals surface area (Å²) in [6.45, 7) is 1.61. The number of hydrogen-bond acceptors (Lipinski definition) is 4. The molecule has 0 radical (unpaired) electrons. The van der Waals surface area contributed by atoms with Crippen LogP contribution in [0.1, 0.15) is 21.8 Å². The van der Waals surface area contributed by atoms with Gasteiger partial charge in [0.1, 0.15) is 12.4 Å². The lowest BCUT2D eigenvalue weighted by Crippen LogP contribution is -2.15. The number of rotatable bonds is 5. The Labute approximate surface area is 148 Å². The van der Waals surface area contributed by atoms with Crippen LogP contribution in [0.4, 0.5) is 10.1 Å². The first kappa shape index (κ1) is 17.0. The van der Waals surface area contributed by atoms with Crippen LogP contribution in [0.25, 0.3) is 0 Å². The summed E-state index contributed by atoms with van der Waals surface area (Å²) in [5.41, 5.74) is 1.05. The minimum absolute atomic E-state index is 0.0471. The van der Waals surface area contributed by atoms with Crippen LogP contribution in [0.5, 0.6) is 5.75 Å². The largest absolute Gasteiger partial charge is 0.486 e. The molecule has 25 heavy (non-hydrogen) atoms. The lowest BCUT2D eigenvalue weighted by atomic mass is 10.2. The van der Waals surface area contributed by atoms with E-state index in [1.165, 1.54) is 12.1 Å². The van der Waals surface area contributed by atoms with Crippen LogP contribution in [0.15, 0.2) is 53.1 Å². The van der Waals surface area contributed by atoms with Crippen molar-refractivity contribution < 1.29 is 18.4 Å². The molecule has 1 aromatic heterocycles. The Kier molecular flexibility index (Phi) is 5.00. The zero-order valence-corrected chi connectivity index (χ0v) is 14.0. The molecule has 7 heteroatoms. The predicted molar refractivity (Wildman–Crippen MR) is 91.4 cm³/mol. The number of hydrogen-bond donors (Lipinski definition) is 1. The topological polar surface area (TPSA) is 64.4 Å². The van der Waals surface area contributed by atoms with Crippen molar-refractivity contribution in [2.24, 2.45) is 0 Å². The van der Waals surface area contributed by atoms with E-state index in [2.05, 4.69) is 10.5 Å². The monoisotopic (exact) mass is 360 g/mol. The summed E-state index contributed by atoms with van der Waals surface area (Å²) < 4.78 is 24.2. The van der Waals surface area contributed by atoms with E-state index in [9.17, 15) is 9.18 Å². The third kappa shape index (κ3) is 3.97. The normalized spacial score (nSPS) is 10.5. The molecule has 3 rings (SSSR count). The van der Waals surface area contributed by atoms with Crippen molar-refractivity contribution >= 4 is 23.2 Å². The molecule has 0 aliphatic heterocycles. The molecule has 1 amide bonds. The number of ether oxygens (including phenoxy) is 1. The molecular formula is C18H14ClFN2O3. The van der Waals surface area contributed by atoms with Crippen LogP contribution in [-0.2, 0) is 6.61 Å². The summed E-state index contributed by atoms with van der Waals surface area (Å²) >= 11 is 5.90. The number of nitrogens with one attached hydrogen (secondary N) is 1. The molecular weight excluding hydrogens is 347 g/mol. The number of benzene rings is 2. The van der Waals surface area contributed by atoms with Gasteiger partial charge in [0, 0.05) is 10.7 Å². The van der Waals surface area contributed by atoms with E-state index in [0.29, 0.717) is 22.0 Å². The van der Waals surface area contributed by atoms with Crippen molar-refractivity contribution in [3.8, 4) is 5.75 Å². The van der Waals surface area contributed by atoms with Gasteiger partial charge >= 0.3 is 0 Å². The molecule has 2 aromatic carbocycles. The van der Waals surface area contributed by atoms with Gasteiger partial charge in [0.25, 0.3) is 5.91 Å². The third-order valence-electron chi connectivity index (χ3n) is 3.49. The number of anilines is 1. The van der Waals surface area contributed by atoms with Crippen molar-refractivity contribution in [1.82, 2.24) is 5.16 Å². The fourth-order valence-corrected chi connectivity index (χ4v) is 2.40. The molecule has 1 N–H and O–H groups in total. The van der Waals surface area contributed by atoms with E-state index in [0.717, 1.165) is 0 Å². The van der Waals surface area contributed by atoms with Gasteiger partial charge in [-0.15, -0.1) is 0 Å². The molecule has 128 valence electrons. The van der Waals surface area contributed by atoms with E-state index in [4.69, 9.17) is 20.9 Å². The van der Waals surface area contributed by atoms with Crippen LogP contribution in [0.3, 0.4) is 0 Å². The summed E-state index contributed by atoms with van der Waals surface area (Å²) in [6, 6.07) is 12.8. The Morgan fingerprint density at radius 3 is 2.84 bits per heavy atom. The molecule has 0 bridgehead atoms. The highest BCUT2D eigenvalue weighted by Crippen LogP contribution is 2.22. The Morgan fingerprint density at radius 1 is 1.28 bits per heavy atom. The SMILES string of the molecule is Cc1onc(C(=O)Nc2cccc(Cl)c2)c1COc1ccccc1F. The lowest BCUT2D eigenvalue weighted by Gasteiger charge is -2.08. The van der Waals surface area contributed by atoms with Crippen molar-refractivity contribution in [2.45, 2.75) is 13.5 Å². The molecule has 1 heterocycles. The van der Waals surface area contributed by atoms with Crippen molar-refractivity contribution in [3.05, 3.63) is 76.4 Å². The molecule has 0 spiro atoms. The van der Waals surface area contributed by atoms with E-state index in [-0.39, 0.29) is 18.1 Å². The second kappa shape index (κ2) is 7.36. The quantitative estimate of drug-likeness (QED) is 0.721. The second-order valence-corrected chi connectivity index (χ2v) is 5.69. The Hall–Kier alpha value is -2.86. The number of halogens is 2. The van der Waals surface area contributed by atoms with E-state index in [1.54, 1.807) is 43.3 Å². The number of aromatic nitrogens is 1. The van der Waals surface area contributed by atoms with E-state index < -0.39 is 11.7 Å². The van der Waals surface area contributed by atoms with Crippen LogP contribution in [-0.4, -0.2) is 11.1 Å². The maximum absolute atomic E-state index is 13.6. The highest BCUT2D eigenvalue weighted by atomic mass is 35.5. The molecule has 0 atom stereocenters. The maximum atomic E-state index is 13.6. The molecule has 0 saturated carbocycles. The maximum Gasteiger partial charge on any atom is 0.278 e. The number of carbonyl (C=O) groups excluding carboxylic acids is 1. The third-order valence-corrected chi connectivity index (χ3v) is 3.73. The highest BCUT2D eigenvalue weighted by Gasteiger charge is 2.21. The average Bonchev–Trinajstić information content (AvgIpc) is 2.95. The molecule has 0 aliphatic carbocycles. The number of carbonyl (C=O) groups is 1. The van der Waals surface area contributed by atoms with Crippen LogP contribution >= 0.6 is 11.6 Å². The van der Waals surface area contributed by atoms with Crippen molar-refractivity contribution in [3.63, 3.8) is 0 Å². The first-order valence-corrected chi connectivity index (χ1v) is 7.82. The van der Waals surface area contributed by atoms with Crippen molar-refractivity contribution in [1.29, 1.82) is 0 Å². The van der Waals surface area contributed by atoms with Gasteiger partial charge in [-0.3, -0.25) is 4.79 Å². The van der Waals surface area contributed by atoms with Gasteiger partial charge in [-0.2, -0.15) is 0 Å². The molecule has 0 fully saturated rings. The van der Waals surface area contributed by atoms with E-state index >= 15 is 0 Å². The lowest BCUT2D eigenvalue weighted by molar-refractivity contribution is 0.101. The molecule has 0 unspecified atom stereocenters. The molecule has 0 aliphatic rings. The first-order chi connectivity index (χ1) is 12.0. The Morgan fingerprint density at radius 2 is 2.08 bits per heavy atom. The van der Waals surface area contributed by atoms with Gasteiger partial charge in [-0.05, 0) is 37.3 Å². The van der Waals surface area contributed by atoms with Gasteiger partial charge in [0.2, 0.25) is 0 Å². The fourth-order valence-electron chi connectivity index (χ4n) is 2.21. The number of nitrogens with zero attached hydrogens (tertiary/aromatic N) is 1. The summed E-state index contributed by atoms with van der Waals surface area (Å²) in [5.74, 6) is -0.440. The Bertz CT molecular complexity index is 911. The van der Waals surface area contributed by atoms with Gasteiger partial charge < -0.3 is 14.6 Å². The van der Waals surface area contributed by atoms with Crippen LogP contribution in [0.2, 0.25) is 5.02 Å². The smallest absolute Gasteiger partial charge is 0.278 e. The zero-order chi connectivity index (χ0) is 17.8. The minimum atomic E-state index is -0.485. The summed E-state index contributed by atoms with van der Waals surface area (Å²) in [4.78, 5) is 12.4. The highest BCUT2D eigenvalue weighted by molar-refractivity contribution is 6.30. The molecule has 0 saturated heterocycles.